The zero-order valence-electron chi connectivity index (χ0n) is 37.1. The fourth-order valence-corrected chi connectivity index (χ4v) is 15.5. The molecule has 4 aromatic rings. The summed E-state index contributed by atoms with van der Waals surface area (Å²) in [7, 11) is -0.767. The first-order valence-corrected chi connectivity index (χ1v) is 24.3. The zero-order chi connectivity index (χ0) is 40.4. The molecule has 56 heavy (non-hydrogen) atoms. The summed E-state index contributed by atoms with van der Waals surface area (Å²) in [6.07, 6.45) is 12.5. The van der Waals surface area contributed by atoms with Crippen LogP contribution in [0.15, 0.2) is 72.8 Å². The predicted octanol–water partition coefficient (Wildman–Crippen LogP) is 13.7. The molecule has 0 bridgehead atoms. The number of thioether (sulfide) groups is 1. The standard InChI is InChI=1S/C53H72NPS/c1-49(2,3)38-29-39(50(4,5)6)32-42(31-38)55(43-33-40(51(7,8)9)30-41(34-43)52(10,11)12)46(56-44-21-14-13-15-22-44)28-37-20-16-18-35-24-26-53(47(35)37)27-25-36-19-17-23-45(54)48(36)53/h16-20,23,29-34,44,46H,13-15,21-22,24-28,54H2,1-12H3/t46?,53-/m1/s1. The Kier molecular flexibility index (Phi) is 11.3. The normalized spacial score (nSPS) is 19.8. The van der Waals surface area contributed by atoms with Crippen LogP contribution in [0.5, 0.6) is 0 Å². The van der Waals surface area contributed by atoms with Crippen molar-refractivity contribution >= 4 is 36.0 Å². The Labute approximate surface area is 347 Å². The second-order valence-corrected chi connectivity index (χ2v) is 26.1. The third-order valence-corrected chi connectivity index (χ3v) is 18.2. The maximum atomic E-state index is 6.95. The quantitative estimate of drug-likeness (QED) is 0.149. The van der Waals surface area contributed by atoms with E-state index in [0.29, 0.717) is 10.2 Å². The minimum Gasteiger partial charge on any atom is -0.398 e. The van der Waals surface area contributed by atoms with Gasteiger partial charge in [-0.1, -0.05) is 169 Å². The van der Waals surface area contributed by atoms with E-state index < -0.39 is 7.92 Å². The van der Waals surface area contributed by atoms with E-state index in [4.69, 9.17) is 5.73 Å². The van der Waals surface area contributed by atoms with Crippen LogP contribution in [0.4, 0.5) is 5.69 Å². The van der Waals surface area contributed by atoms with E-state index in [1.54, 1.807) is 27.3 Å². The summed E-state index contributed by atoms with van der Waals surface area (Å²) in [5, 5.41) is 3.83. The number of hydrogen-bond donors (Lipinski definition) is 1. The Bertz CT molecular complexity index is 1910. The third-order valence-electron chi connectivity index (χ3n) is 13.5. The highest BCUT2D eigenvalue weighted by molar-refractivity contribution is 8.08. The maximum absolute atomic E-state index is 6.95. The van der Waals surface area contributed by atoms with Gasteiger partial charge in [0.25, 0.3) is 0 Å². The molecule has 0 amide bonds. The van der Waals surface area contributed by atoms with Gasteiger partial charge in [0, 0.05) is 21.3 Å². The Hall–Kier alpha value is -2.54. The first-order chi connectivity index (χ1) is 26.1. The lowest BCUT2D eigenvalue weighted by Crippen LogP contribution is -2.30. The van der Waals surface area contributed by atoms with Gasteiger partial charge in [0.1, 0.15) is 0 Å². The van der Waals surface area contributed by atoms with Gasteiger partial charge in [0.2, 0.25) is 0 Å². The van der Waals surface area contributed by atoms with Crippen molar-refractivity contribution in [1.82, 2.24) is 0 Å². The third kappa shape index (κ3) is 8.32. The Morgan fingerprint density at radius 2 is 1.05 bits per heavy atom. The molecule has 0 aliphatic heterocycles. The van der Waals surface area contributed by atoms with Crippen LogP contribution in [0.1, 0.15) is 178 Å². The van der Waals surface area contributed by atoms with Crippen LogP contribution in [-0.2, 0) is 46.3 Å². The van der Waals surface area contributed by atoms with Crippen LogP contribution in [0.2, 0.25) is 0 Å². The van der Waals surface area contributed by atoms with Gasteiger partial charge < -0.3 is 5.73 Å². The van der Waals surface area contributed by atoms with E-state index in [-0.39, 0.29) is 27.1 Å². The van der Waals surface area contributed by atoms with Crippen LogP contribution in [0.3, 0.4) is 0 Å². The summed E-state index contributed by atoms with van der Waals surface area (Å²) < 4.78 is 0. The molecule has 0 radical (unpaired) electrons. The predicted molar refractivity (Wildman–Crippen MR) is 251 cm³/mol. The van der Waals surface area contributed by atoms with Crippen molar-refractivity contribution in [3.05, 3.63) is 123 Å². The first kappa shape index (κ1) is 41.6. The maximum Gasteiger partial charge on any atom is 0.0372 e. The van der Waals surface area contributed by atoms with Crippen LogP contribution < -0.4 is 16.3 Å². The van der Waals surface area contributed by atoms with Gasteiger partial charge in [0.05, 0.1) is 0 Å². The fourth-order valence-electron chi connectivity index (χ4n) is 10.0. The molecule has 4 aromatic carbocycles. The van der Waals surface area contributed by atoms with Gasteiger partial charge in [0.15, 0.2) is 0 Å². The van der Waals surface area contributed by atoms with E-state index in [0.717, 1.165) is 24.9 Å². The molecular weight excluding hydrogens is 714 g/mol. The lowest BCUT2D eigenvalue weighted by Gasteiger charge is -2.37. The summed E-state index contributed by atoms with van der Waals surface area (Å²) >= 11 is 2.38. The number of anilines is 1. The fraction of sp³-hybridized carbons (Fsp3) is 0.547. The molecule has 0 heterocycles. The SMILES string of the molecule is CC(C)(C)c1cc(P(c2cc(C(C)(C)C)cc(C(C)(C)C)c2)C(Cc2cccc3c2[C@]2(CCc4cccc(N)c42)CC3)SC2CCCCC2)cc(C(C)(C)C)c1. The summed E-state index contributed by atoms with van der Waals surface area (Å²) in [5.74, 6) is 0. The molecule has 1 spiro atoms. The highest BCUT2D eigenvalue weighted by Crippen LogP contribution is 2.57. The molecular formula is C53H72NPS. The monoisotopic (exact) mass is 786 g/mol. The van der Waals surface area contributed by atoms with Crippen molar-refractivity contribution in [1.29, 1.82) is 0 Å². The molecule has 0 saturated heterocycles. The van der Waals surface area contributed by atoms with Crippen molar-refractivity contribution in [2.24, 2.45) is 0 Å². The molecule has 3 aliphatic carbocycles. The molecule has 7 rings (SSSR count). The highest BCUT2D eigenvalue weighted by Gasteiger charge is 2.47. The van der Waals surface area contributed by atoms with E-state index in [9.17, 15) is 0 Å². The number of nitrogen functional groups attached to an aromatic ring is 1. The molecule has 3 aliphatic rings. The van der Waals surface area contributed by atoms with Gasteiger partial charge in [-0.15, -0.1) is 11.8 Å². The molecule has 0 aromatic heterocycles. The highest BCUT2D eigenvalue weighted by atomic mass is 32.2. The topological polar surface area (TPSA) is 26.0 Å². The number of fused-ring (bicyclic) bond motifs is 4. The van der Waals surface area contributed by atoms with Crippen LogP contribution >= 0.6 is 19.7 Å². The summed E-state index contributed by atoms with van der Waals surface area (Å²) in [4.78, 5) is 0.442. The molecule has 1 saturated carbocycles. The van der Waals surface area contributed by atoms with Crippen LogP contribution in [-0.4, -0.2) is 10.2 Å². The number of aryl methyl sites for hydroxylation is 2. The van der Waals surface area contributed by atoms with E-state index >= 15 is 0 Å². The first-order valence-electron chi connectivity index (χ1n) is 21.9. The summed E-state index contributed by atoms with van der Waals surface area (Å²) in [5.41, 5.74) is 21.8. The van der Waals surface area contributed by atoms with Gasteiger partial charge in [-0.2, -0.15) is 0 Å². The summed E-state index contributed by atoms with van der Waals surface area (Å²) in [6, 6.07) is 29.7. The lowest BCUT2D eigenvalue weighted by atomic mass is 9.74. The van der Waals surface area contributed by atoms with Gasteiger partial charge >= 0.3 is 0 Å². The summed E-state index contributed by atoms with van der Waals surface area (Å²) in [6.45, 7) is 28.9. The Morgan fingerprint density at radius 1 is 0.607 bits per heavy atom. The van der Waals surface area contributed by atoms with Crippen molar-refractivity contribution in [2.75, 3.05) is 5.73 Å². The number of benzene rings is 4. The number of nitrogens with two attached hydrogens (primary N) is 1. The van der Waals surface area contributed by atoms with Crippen LogP contribution in [0, 0.1) is 0 Å². The number of hydrogen-bond acceptors (Lipinski definition) is 2. The zero-order valence-corrected chi connectivity index (χ0v) is 38.8. The molecule has 1 fully saturated rings. The second-order valence-electron chi connectivity index (χ2n) is 21.9. The molecule has 1 unspecified atom stereocenters. The van der Waals surface area contributed by atoms with Crippen molar-refractivity contribution in [3.8, 4) is 0 Å². The van der Waals surface area contributed by atoms with Gasteiger partial charge in [-0.3, -0.25) is 0 Å². The molecule has 1 nitrogen and oxygen atoms in total. The smallest absolute Gasteiger partial charge is 0.0372 e. The van der Waals surface area contributed by atoms with E-state index in [1.165, 1.54) is 78.3 Å². The average Bonchev–Trinajstić information content (AvgIpc) is 3.69. The van der Waals surface area contributed by atoms with Gasteiger partial charge in [-0.05, 0) is 141 Å². The van der Waals surface area contributed by atoms with Crippen molar-refractivity contribution < 1.29 is 0 Å². The molecule has 3 heteroatoms. The molecule has 300 valence electrons. The van der Waals surface area contributed by atoms with Crippen molar-refractivity contribution in [3.63, 3.8) is 0 Å². The minimum absolute atomic E-state index is 0.0343. The van der Waals surface area contributed by atoms with E-state index in [2.05, 4.69) is 168 Å². The van der Waals surface area contributed by atoms with E-state index in [1.807, 2.05) is 0 Å². The average molecular weight is 786 g/mol. The number of rotatable bonds is 7. The Morgan fingerprint density at radius 3 is 1.52 bits per heavy atom. The van der Waals surface area contributed by atoms with Gasteiger partial charge in [-0.25, -0.2) is 0 Å². The molecule has 2 atom stereocenters. The lowest BCUT2D eigenvalue weighted by molar-refractivity contribution is 0.505. The molecule has 2 N–H and O–H groups in total. The van der Waals surface area contributed by atoms with Crippen LogP contribution in [0.25, 0.3) is 0 Å². The van der Waals surface area contributed by atoms with Crippen molar-refractivity contribution in [2.45, 2.75) is 185 Å². The second kappa shape index (κ2) is 15.2. The minimum atomic E-state index is -0.767. The Balaban J connectivity index is 1.49. The largest absolute Gasteiger partial charge is 0.398 e.